The maximum atomic E-state index is 7.47. The highest BCUT2D eigenvalue weighted by Crippen LogP contribution is 2.69. The van der Waals surface area contributed by atoms with Gasteiger partial charge in [0.05, 0.1) is 11.2 Å². The second-order valence-corrected chi connectivity index (χ2v) is 13.5. The maximum absolute atomic E-state index is 7.47. The third-order valence-corrected chi connectivity index (χ3v) is 10.4. The summed E-state index contributed by atoms with van der Waals surface area (Å²) in [6, 6.07) is 9.77. The van der Waals surface area contributed by atoms with Gasteiger partial charge in [-0.25, -0.2) is 0 Å². The second-order valence-electron chi connectivity index (χ2n) is 13.5. The molecule has 5 aliphatic rings. The Labute approximate surface area is 210 Å². The number of fused-ring (bicyclic) bond motifs is 2. The van der Waals surface area contributed by atoms with Crippen molar-refractivity contribution in [3.8, 4) is 0 Å². The Morgan fingerprint density at radius 2 is 1.94 bits per heavy atom. The van der Waals surface area contributed by atoms with Gasteiger partial charge in [0, 0.05) is 29.4 Å². The second kappa shape index (κ2) is 7.29. The summed E-state index contributed by atoms with van der Waals surface area (Å²) in [5.74, 6) is 1.18. The van der Waals surface area contributed by atoms with Gasteiger partial charge in [0.25, 0.3) is 0 Å². The van der Waals surface area contributed by atoms with E-state index in [1.165, 1.54) is 66.9 Å². The molecule has 1 aromatic carbocycles. The standard InChI is InChI=1S/C32H40N2O/c1-29(2,3)34-26-8-7-24-18-25-11-13-30(4)27(22-6-5-21-12-16-33-20-23(21)17-22)9-10-28(30)32(25)15-14-31(24,19-26)35-32/h5-6,11-12,16-18,20,26-28,34H,7-10,13-15,19H2,1-4H3/t26?,27?,28?,30?,31-,32-/m1/s1. The molecule has 2 saturated carbocycles. The van der Waals surface area contributed by atoms with Crippen molar-refractivity contribution in [2.45, 2.75) is 108 Å². The zero-order chi connectivity index (χ0) is 24.1. The number of benzene rings is 1. The van der Waals surface area contributed by atoms with Crippen LogP contribution >= 0.6 is 0 Å². The molecule has 0 radical (unpaired) electrons. The van der Waals surface area contributed by atoms with Gasteiger partial charge in [0.15, 0.2) is 0 Å². The van der Waals surface area contributed by atoms with Crippen LogP contribution in [0.15, 0.2) is 60.0 Å². The lowest BCUT2D eigenvalue weighted by molar-refractivity contribution is -0.136. The number of ether oxygens (including phenoxy) is 1. The van der Waals surface area contributed by atoms with Crippen LogP contribution in [0.2, 0.25) is 0 Å². The van der Waals surface area contributed by atoms with E-state index in [2.05, 4.69) is 74.4 Å². The molecule has 3 heteroatoms. The van der Waals surface area contributed by atoms with Crippen molar-refractivity contribution in [1.82, 2.24) is 10.3 Å². The number of nitrogens with zero attached hydrogens (tertiary/aromatic N) is 1. The quantitative estimate of drug-likeness (QED) is 0.505. The number of pyridine rings is 1. The van der Waals surface area contributed by atoms with E-state index in [1.54, 1.807) is 5.57 Å². The van der Waals surface area contributed by atoms with Crippen molar-refractivity contribution in [1.29, 1.82) is 0 Å². The minimum atomic E-state index is -0.0761. The van der Waals surface area contributed by atoms with E-state index >= 15 is 0 Å². The van der Waals surface area contributed by atoms with Crippen LogP contribution in [0.5, 0.6) is 0 Å². The zero-order valence-electron chi connectivity index (χ0n) is 21.9. The minimum Gasteiger partial charge on any atom is -0.359 e. The molecule has 7 rings (SSSR count). The van der Waals surface area contributed by atoms with Crippen LogP contribution in [0.25, 0.3) is 10.8 Å². The molecule has 3 heterocycles. The fourth-order valence-electron chi connectivity index (χ4n) is 9.01. The van der Waals surface area contributed by atoms with E-state index in [0.29, 0.717) is 17.9 Å². The molecule has 184 valence electrons. The SMILES string of the molecule is CC(C)(C)NC1CCC2=CC3=CCC4(C)C(c5ccc6ccncc6c5)CCC4[C@@]34CC[C@]2(C1)O4. The van der Waals surface area contributed by atoms with Crippen LogP contribution in [0.4, 0.5) is 0 Å². The predicted octanol–water partition coefficient (Wildman–Crippen LogP) is 7.23. The summed E-state index contributed by atoms with van der Waals surface area (Å²) in [5.41, 5.74) is 4.88. The van der Waals surface area contributed by atoms with Gasteiger partial charge in [0.1, 0.15) is 0 Å². The van der Waals surface area contributed by atoms with Crippen molar-refractivity contribution in [3.63, 3.8) is 0 Å². The first kappa shape index (κ1) is 22.2. The summed E-state index contributed by atoms with van der Waals surface area (Å²) in [4.78, 5) is 4.39. The minimum absolute atomic E-state index is 0.0382. The molecule has 6 atom stereocenters. The zero-order valence-corrected chi connectivity index (χ0v) is 21.9. The molecule has 3 fully saturated rings. The first-order chi connectivity index (χ1) is 16.7. The monoisotopic (exact) mass is 468 g/mol. The highest BCUT2D eigenvalue weighted by atomic mass is 16.5. The van der Waals surface area contributed by atoms with Gasteiger partial charge in [-0.3, -0.25) is 4.98 Å². The van der Waals surface area contributed by atoms with Crippen molar-refractivity contribution < 1.29 is 4.74 Å². The van der Waals surface area contributed by atoms with Crippen molar-refractivity contribution in [2.75, 3.05) is 0 Å². The maximum Gasteiger partial charge on any atom is 0.0974 e. The molecule has 0 amide bonds. The molecule has 1 saturated heterocycles. The predicted molar refractivity (Wildman–Crippen MR) is 142 cm³/mol. The van der Waals surface area contributed by atoms with Gasteiger partial charge in [-0.15, -0.1) is 0 Å². The molecule has 2 bridgehead atoms. The van der Waals surface area contributed by atoms with Gasteiger partial charge < -0.3 is 10.1 Å². The topological polar surface area (TPSA) is 34.2 Å². The lowest BCUT2D eigenvalue weighted by Gasteiger charge is -2.54. The summed E-state index contributed by atoms with van der Waals surface area (Å²) in [6.45, 7) is 9.46. The molecule has 3 nitrogen and oxygen atoms in total. The first-order valence-corrected chi connectivity index (χ1v) is 13.9. The molecule has 2 aromatic rings. The van der Waals surface area contributed by atoms with Crippen LogP contribution in [0.1, 0.15) is 90.5 Å². The summed E-state index contributed by atoms with van der Waals surface area (Å²) >= 11 is 0. The average Bonchev–Trinajstić information content (AvgIpc) is 3.33. The van der Waals surface area contributed by atoms with Crippen LogP contribution < -0.4 is 5.32 Å². The number of nitrogens with one attached hydrogen (secondary N) is 1. The summed E-state index contributed by atoms with van der Waals surface area (Å²) in [5, 5.41) is 6.46. The Morgan fingerprint density at radius 3 is 2.80 bits per heavy atom. The number of aromatic nitrogens is 1. The molecule has 1 aromatic heterocycles. The molecule has 2 spiro atoms. The van der Waals surface area contributed by atoms with Gasteiger partial charge in [0.2, 0.25) is 0 Å². The molecule has 2 aliphatic heterocycles. The molecule has 4 unspecified atom stereocenters. The van der Waals surface area contributed by atoms with E-state index in [0.717, 1.165) is 6.42 Å². The molecule has 3 aliphatic carbocycles. The van der Waals surface area contributed by atoms with E-state index in [9.17, 15) is 0 Å². The number of allylic oxidation sites excluding steroid dienone is 1. The number of rotatable bonds is 2. The highest BCUT2D eigenvalue weighted by Gasteiger charge is 2.66. The normalized spacial score (nSPS) is 40.1. The fourth-order valence-corrected chi connectivity index (χ4v) is 9.01. The average molecular weight is 469 g/mol. The Kier molecular flexibility index (Phi) is 4.64. The first-order valence-electron chi connectivity index (χ1n) is 13.9. The van der Waals surface area contributed by atoms with E-state index < -0.39 is 0 Å². The number of hydrogen-bond donors (Lipinski definition) is 1. The van der Waals surface area contributed by atoms with Crippen molar-refractivity contribution in [3.05, 3.63) is 65.5 Å². The largest absolute Gasteiger partial charge is 0.359 e. The van der Waals surface area contributed by atoms with Crippen molar-refractivity contribution in [2.24, 2.45) is 11.3 Å². The Bertz CT molecular complexity index is 1250. The van der Waals surface area contributed by atoms with Crippen LogP contribution in [-0.4, -0.2) is 27.8 Å². The Balaban J connectivity index is 1.24. The smallest absolute Gasteiger partial charge is 0.0974 e. The molecular formula is C32H40N2O. The van der Waals surface area contributed by atoms with E-state index in [4.69, 9.17) is 4.74 Å². The third-order valence-electron chi connectivity index (χ3n) is 10.4. The molecule has 35 heavy (non-hydrogen) atoms. The fraction of sp³-hybridized carbons (Fsp3) is 0.594. The molecular weight excluding hydrogens is 428 g/mol. The summed E-state index contributed by atoms with van der Waals surface area (Å²) in [6.07, 6.45) is 18.7. The van der Waals surface area contributed by atoms with Gasteiger partial charge >= 0.3 is 0 Å². The highest BCUT2D eigenvalue weighted by molar-refractivity contribution is 5.82. The van der Waals surface area contributed by atoms with Gasteiger partial charge in [-0.1, -0.05) is 31.2 Å². The van der Waals surface area contributed by atoms with Gasteiger partial charge in [-0.05, 0) is 124 Å². The van der Waals surface area contributed by atoms with E-state index in [-0.39, 0.29) is 22.2 Å². The summed E-state index contributed by atoms with van der Waals surface area (Å²) in [7, 11) is 0. The number of hydrogen-bond acceptors (Lipinski definition) is 3. The lowest BCUT2D eigenvalue weighted by Crippen LogP contribution is -2.56. The van der Waals surface area contributed by atoms with Crippen LogP contribution in [-0.2, 0) is 4.74 Å². The lowest BCUT2D eigenvalue weighted by atomic mass is 9.58. The van der Waals surface area contributed by atoms with Crippen LogP contribution in [0, 0.1) is 11.3 Å². The summed E-state index contributed by atoms with van der Waals surface area (Å²) < 4.78 is 7.47. The third kappa shape index (κ3) is 3.20. The van der Waals surface area contributed by atoms with E-state index in [1.807, 2.05) is 12.4 Å². The molecule has 1 N–H and O–H groups in total. The Hall–Kier alpha value is -1.97. The Morgan fingerprint density at radius 1 is 1.06 bits per heavy atom. The van der Waals surface area contributed by atoms with Crippen molar-refractivity contribution >= 4 is 10.8 Å². The van der Waals surface area contributed by atoms with Gasteiger partial charge in [-0.2, -0.15) is 0 Å². The van der Waals surface area contributed by atoms with Crippen LogP contribution in [0.3, 0.4) is 0 Å².